The highest BCUT2D eigenvalue weighted by molar-refractivity contribution is 5.48. The zero-order valence-electron chi connectivity index (χ0n) is 18.8. The second-order valence-electron chi connectivity index (χ2n) is 9.85. The number of anilines is 2. The van der Waals surface area contributed by atoms with Crippen molar-refractivity contribution in [3.63, 3.8) is 0 Å². The predicted octanol–water partition coefficient (Wildman–Crippen LogP) is 3.80. The van der Waals surface area contributed by atoms with Crippen LogP contribution in [0.4, 0.5) is 11.6 Å². The van der Waals surface area contributed by atoms with E-state index in [1.54, 1.807) is 0 Å². The smallest absolute Gasteiger partial charge is 0.225 e. The van der Waals surface area contributed by atoms with Crippen LogP contribution in [0.25, 0.3) is 0 Å². The third kappa shape index (κ3) is 3.58. The van der Waals surface area contributed by atoms with Crippen molar-refractivity contribution in [1.82, 2.24) is 14.9 Å². The first-order valence-corrected chi connectivity index (χ1v) is 11.6. The second-order valence-corrected chi connectivity index (χ2v) is 9.85. The number of aromatic nitrogens is 2. The molecule has 1 aliphatic carbocycles. The molecule has 2 aromatic rings. The van der Waals surface area contributed by atoms with Crippen LogP contribution in [0.2, 0.25) is 0 Å². The summed E-state index contributed by atoms with van der Waals surface area (Å²) >= 11 is 0. The van der Waals surface area contributed by atoms with Crippen LogP contribution in [-0.2, 0) is 11.8 Å². The van der Waals surface area contributed by atoms with Gasteiger partial charge in [-0.25, -0.2) is 9.97 Å². The standard InChI is InChI=1S/C25H35N5/c1-19-5-7-21(8-6-19)29-15-10-22(11-16-29)30-14-4-12-25(18-30)13-9-20-17-26-24(28(2)3)27-23(20)25/h5-8,17,22H,4,9-16,18H2,1-3H3. The fraction of sp³-hybridized carbons (Fsp3) is 0.600. The first-order chi connectivity index (χ1) is 14.5. The van der Waals surface area contributed by atoms with E-state index in [0.29, 0.717) is 6.04 Å². The van der Waals surface area contributed by atoms with Gasteiger partial charge in [0.05, 0.1) is 5.69 Å². The summed E-state index contributed by atoms with van der Waals surface area (Å²) in [5, 5.41) is 0. The lowest BCUT2D eigenvalue weighted by Crippen LogP contribution is -2.52. The van der Waals surface area contributed by atoms with Crippen molar-refractivity contribution in [2.75, 3.05) is 50.1 Å². The molecule has 30 heavy (non-hydrogen) atoms. The van der Waals surface area contributed by atoms with Crippen LogP contribution in [0.1, 0.15) is 48.9 Å². The SMILES string of the molecule is Cc1ccc(N2CCC(N3CCCC4(CCc5cnc(N(C)C)nc54)C3)CC2)cc1. The molecule has 0 amide bonds. The lowest BCUT2D eigenvalue weighted by atomic mass is 9.76. The molecule has 5 heteroatoms. The largest absolute Gasteiger partial charge is 0.371 e. The first-order valence-electron chi connectivity index (χ1n) is 11.6. The van der Waals surface area contributed by atoms with Crippen molar-refractivity contribution in [2.24, 2.45) is 0 Å². The number of rotatable bonds is 3. The van der Waals surface area contributed by atoms with Crippen LogP contribution in [-0.4, -0.2) is 61.2 Å². The second kappa shape index (κ2) is 7.84. The van der Waals surface area contributed by atoms with Crippen molar-refractivity contribution < 1.29 is 0 Å². The van der Waals surface area contributed by atoms with E-state index in [4.69, 9.17) is 4.98 Å². The maximum absolute atomic E-state index is 5.05. The summed E-state index contributed by atoms with van der Waals surface area (Å²) < 4.78 is 0. The summed E-state index contributed by atoms with van der Waals surface area (Å²) in [6.45, 7) is 6.92. The Labute approximate surface area is 181 Å². The Kier molecular flexibility index (Phi) is 5.18. The molecule has 160 valence electrons. The van der Waals surface area contributed by atoms with Crippen molar-refractivity contribution in [2.45, 2.75) is 56.9 Å². The minimum absolute atomic E-state index is 0.245. The Balaban J connectivity index is 1.28. The monoisotopic (exact) mass is 405 g/mol. The number of piperidine rings is 2. The molecule has 1 aromatic carbocycles. The van der Waals surface area contributed by atoms with E-state index >= 15 is 0 Å². The molecule has 0 N–H and O–H groups in total. The van der Waals surface area contributed by atoms with Crippen LogP contribution in [0.3, 0.4) is 0 Å². The molecular weight excluding hydrogens is 370 g/mol. The summed E-state index contributed by atoms with van der Waals surface area (Å²) in [6.07, 6.45) is 9.58. The lowest BCUT2D eigenvalue weighted by Gasteiger charge is -2.46. The molecule has 5 rings (SSSR count). The van der Waals surface area contributed by atoms with Crippen LogP contribution in [0, 0.1) is 6.92 Å². The van der Waals surface area contributed by atoms with E-state index in [-0.39, 0.29) is 5.41 Å². The van der Waals surface area contributed by atoms with Gasteiger partial charge in [0.1, 0.15) is 0 Å². The number of likely N-dealkylation sites (tertiary alicyclic amines) is 1. The Morgan fingerprint density at radius 2 is 1.80 bits per heavy atom. The number of benzene rings is 1. The Hall–Kier alpha value is -2.14. The maximum Gasteiger partial charge on any atom is 0.225 e. The molecule has 2 saturated heterocycles. The van der Waals surface area contributed by atoms with Crippen molar-refractivity contribution in [3.8, 4) is 0 Å². The summed E-state index contributed by atoms with van der Waals surface area (Å²) in [5.41, 5.74) is 5.70. The van der Waals surface area contributed by atoms with Crippen molar-refractivity contribution >= 4 is 11.6 Å². The average Bonchev–Trinajstić information content (AvgIpc) is 3.11. The first kappa shape index (κ1) is 19.8. The third-order valence-corrected chi connectivity index (χ3v) is 7.61. The topological polar surface area (TPSA) is 35.5 Å². The molecule has 1 unspecified atom stereocenters. The Bertz CT molecular complexity index is 881. The molecule has 0 radical (unpaired) electrons. The van der Waals surface area contributed by atoms with Crippen molar-refractivity contribution in [1.29, 1.82) is 0 Å². The van der Waals surface area contributed by atoms with Gasteiger partial charge < -0.3 is 9.80 Å². The van der Waals surface area contributed by atoms with E-state index in [1.807, 2.05) is 19.0 Å². The average molecular weight is 406 g/mol. The zero-order chi connectivity index (χ0) is 20.7. The van der Waals surface area contributed by atoms with E-state index in [1.165, 1.54) is 80.8 Å². The molecule has 2 fully saturated rings. The minimum atomic E-state index is 0.245. The number of fused-ring (bicyclic) bond motifs is 2. The van der Waals surface area contributed by atoms with Gasteiger partial charge in [-0.15, -0.1) is 0 Å². The summed E-state index contributed by atoms with van der Waals surface area (Å²) in [6, 6.07) is 9.74. The Morgan fingerprint density at radius 3 is 2.53 bits per heavy atom. The molecule has 0 saturated carbocycles. The number of nitrogens with zero attached hydrogens (tertiary/aromatic N) is 5. The van der Waals surface area contributed by atoms with E-state index in [2.05, 4.69) is 52.2 Å². The maximum atomic E-state index is 5.05. The third-order valence-electron chi connectivity index (χ3n) is 7.61. The number of aryl methyl sites for hydroxylation is 2. The summed E-state index contributed by atoms with van der Waals surface area (Å²) in [7, 11) is 4.08. The molecule has 3 heterocycles. The molecule has 1 spiro atoms. The normalized spacial score (nSPS) is 25.0. The summed E-state index contributed by atoms with van der Waals surface area (Å²) in [4.78, 5) is 17.0. The van der Waals surface area contributed by atoms with Crippen LogP contribution < -0.4 is 9.80 Å². The molecule has 0 bridgehead atoms. The number of hydrogen-bond acceptors (Lipinski definition) is 5. The lowest BCUT2D eigenvalue weighted by molar-refractivity contribution is 0.0861. The quantitative estimate of drug-likeness (QED) is 0.776. The zero-order valence-corrected chi connectivity index (χ0v) is 18.8. The Morgan fingerprint density at radius 1 is 1.03 bits per heavy atom. The van der Waals surface area contributed by atoms with Crippen LogP contribution in [0.15, 0.2) is 30.5 Å². The van der Waals surface area contributed by atoms with Gasteiger partial charge in [0, 0.05) is 57.1 Å². The van der Waals surface area contributed by atoms with E-state index in [0.717, 1.165) is 12.4 Å². The number of hydrogen-bond donors (Lipinski definition) is 0. The predicted molar refractivity (Wildman–Crippen MR) is 124 cm³/mol. The minimum Gasteiger partial charge on any atom is -0.371 e. The fourth-order valence-corrected chi connectivity index (χ4v) is 5.87. The van der Waals surface area contributed by atoms with Gasteiger partial charge in [0.15, 0.2) is 0 Å². The van der Waals surface area contributed by atoms with Gasteiger partial charge >= 0.3 is 0 Å². The molecule has 5 nitrogen and oxygen atoms in total. The molecule has 2 aliphatic heterocycles. The van der Waals surface area contributed by atoms with E-state index in [9.17, 15) is 0 Å². The van der Waals surface area contributed by atoms with Gasteiger partial charge in [-0.2, -0.15) is 0 Å². The highest BCUT2D eigenvalue weighted by atomic mass is 15.2. The van der Waals surface area contributed by atoms with Crippen molar-refractivity contribution in [3.05, 3.63) is 47.3 Å². The van der Waals surface area contributed by atoms with Gasteiger partial charge in [-0.1, -0.05) is 17.7 Å². The van der Waals surface area contributed by atoms with Gasteiger partial charge in [-0.05, 0) is 69.7 Å². The van der Waals surface area contributed by atoms with Crippen LogP contribution in [0.5, 0.6) is 0 Å². The highest BCUT2D eigenvalue weighted by Gasteiger charge is 2.45. The fourth-order valence-electron chi connectivity index (χ4n) is 5.87. The highest BCUT2D eigenvalue weighted by Crippen LogP contribution is 2.45. The molecule has 3 aliphatic rings. The molecular formula is C25H35N5. The van der Waals surface area contributed by atoms with Gasteiger partial charge in [0.25, 0.3) is 0 Å². The van der Waals surface area contributed by atoms with Gasteiger partial charge in [0.2, 0.25) is 5.95 Å². The molecule has 1 atom stereocenters. The van der Waals surface area contributed by atoms with E-state index < -0.39 is 0 Å². The van der Waals surface area contributed by atoms with Gasteiger partial charge in [-0.3, -0.25) is 4.90 Å². The molecule has 1 aromatic heterocycles. The summed E-state index contributed by atoms with van der Waals surface area (Å²) in [5.74, 6) is 0.860. The van der Waals surface area contributed by atoms with Crippen LogP contribution >= 0.6 is 0 Å².